The highest BCUT2D eigenvalue weighted by molar-refractivity contribution is 6.13. The summed E-state index contributed by atoms with van der Waals surface area (Å²) < 4.78 is 0. The zero-order chi connectivity index (χ0) is 16.5. The third kappa shape index (κ3) is 2.51. The summed E-state index contributed by atoms with van der Waals surface area (Å²) in [4.78, 5) is 7.94. The molecule has 4 aromatic rings. The number of aromatic amines is 1. The first-order valence-electron chi connectivity index (χ1n) is 8.18. The van der Waals surface area contributed by atoms with Crippen molar-refractivity contribution in [3.63, 3.8) is 0 Å². The second-order valence-electron chi connectivity index (χ2n) is 6.05. The Morgan fingerprint density at radius 2 is 2.04 bits per heavy atom. The number of nitrogens with zero attached hydrogens (tertiary/aromatic N) is 1. The van der Waals surface area contributed by atoms with Crippen LogP contribution in [0.2, 0.25) is 0 Å². The van der Waals surface area contributed by atoms with Gasteiger partial charge in [-0.15, -0.1) is 0 Å². The third-order valence-corrected chi connectivity index (χ3v) is 4.30. The van der Waals surface area contributed by atoms with Gasteiger partial charge in [-0.1, -0.05) is 23.8 Å². The molecule has 24 heavy (non-hydrogen) atoms. The van der Waals surface area contributed by atoms with Crippen molar-refractivity contribution < 1.29 is 0 Å². The Labute approximate surface area is 140 Å². The van der Waals surface area contributed by atoms with Crippen molar-refractivity contribution in [1.82, 2.24) is 9.97 Å². The number of rotatable bonds is 4. The molecule has 0 aliphatic rings. The molecule has 2 aromatic carbocycles. The molecular weight excluding hydrogens is 296 g/mol. The van der Waals surface area contributed by atoms with E-state index in [1.165, 1.54) is 27.5 Å². The summed E-state index contributed by atoms with van der Waals surface area (Å²) in [5.41, 5.74) is 12.3. The Morgan fingerprint density at radius 3 is 2.92 bits per heavy atom. The largest absolute Gasteiger partial charge is 0.384 e. The fourth-order valence-corrected chi connectivity index (χ4v) is 3.18. The summed E-state index contributed by atoms with van der Waals surface area (Å²) in [6, 6.07) is 17.0. The molecule has 0 radical (unpaired) electrons. The molecular formula is C20H20N4. The maximum atomic E-state index is 5.59. The number of aryl methyl sites for hydroxylation is 1. The molecule has 120 valence electrons. The molecule has 0 atom stereocenters. The van der Waals surface area contributed by atoms with E-state index in [4.69, 9.17) is 5.73 Å². The lowest BCUT2D eigenvalue weighted by Gasteiger charge is -2.09. The van der Waals surface area contributed by atoms with Gasteiger partial charge >= 0.3 is 0 Å². The minimum absolute atomic E-state index is 0.617. The van der Waals surface area contributed by atoms with Crippen LogP contribution in [0, 0.1) is 6.92 Å². The number of hydrogen-bond donors (Lipinski definition) is 3. The monoisotopic (exact) mass is 316 g/mol. The smallest absolute Gasteiger partial charge is 0.138 e. The lowest BCUT2D eigenvalue weighted by molar-refractivity contribution is 1.02. The highest BCUT2D eigenvalue weighted by Gasteiger charge is 2.11. The highest BCUT2D eigenvalue weighted by atomic mass is 14.9. The van der Waals surface area contributed by atoms with Gasteiger partial charge < -0.3 is 16.0 Å². The van der Waals surface area contributed by atoms with E-state index >= 15 is 0 Å². The molecule has 0 unspecified atom stereocenters. The average Bonchev–Trinajstić information content (AvgIpc) is 2.98. The summed E-state index contributed by atoms with van der Waals surface area (Å²) in [7, 11) is 0. The number of anilines is 1. The number of fused-ring (bicyclic) bond motifs is 3. The van der Waals surface area contributed by atoms with Gasteiger partial charge in [-0.25, -0.2) is 4.98 Å². The molecule has 0 amide bonds. The molecule has 0 saturated carbocycles. The van der Waals surface area contributed by atoms with E-state index in [2.05, 4.69) is 70.7 Å². The molecule has 0 fully saturated rings. The molecule has 0 saturated heterocycles. The maximum absolute atomic E-state index is 5.59. The molecule has 2 heterocycles. The quantitative estimate of drug-likeness (QED) is 0.532. The predicted molar refractivity (Wildman–Crippen MR) is 101 cm³/mol. The van der Waals surface area contributed by atoms with Crippen LogP contribution in [-0.4, -0.2) is 23.1 Å². The summed E-state index contributed by atoms with van der Waals surface area (Å²) >= 11 is 0. The van der Waals surface area contributed by atoms with E-state index in [9.17, 15) is 0 Å². The molecule has 4 nitrogen and oxygen atoms in total. The number of H-pyrrole nitrogens is 1. The summed E-state index contributed by atoms with van der Waals surface area (Å²) in [5, 5.41) is 5.73. The molecule has 0 aliphatic carbocycles. The van der Waals surface area contributed by atoms with E-state index in [0.29, 0.717) is 6.54 Å². The standard InChI is InChI=1S/C20H20N4/c1-13-5-6-18-17(11-13)19-16(7-9-23-20(19)24-18)14-3-2-4-15(12-14)22-10-8-21/h2-7,9,11-12,22H,8,10,21H2,1H3,(H,23,24). The summed E-state index contributed by atoms with van der Waals surface area (Å²) in [6.07, 6.45) is 1.86. The second-order valence-corrected chi connectivity index (χ2v) is 6.05. The van der Waals surface area contributed by atoms with Crippen LogP contribution in [0.15, 0.2) is 54.7 Å². The van der Waals surface area contributed by atoms with E-state index in [0.717, 1.165) is 23.4 Å². The number of benzene rings is 2. The van der Waals surface area contributed by atoms with Gasteiger partial charge in [-0.2, -0.15) is 0 Å². The number of pyridine rings is 1. The van der Waals surface area contributed by atoms with Gasteiger partial charge in [0.1, 0.15) is 5.65 Å². The lowest BCUT2D eigenvalue weighted by atomic mass is 10.0. The Kier molecular flexibility index (Phi) is 3.67. The van der Waals surface area contributed by atoms with E-state index in [1.54, 1.807) is 0 Å². The Morgan fingerprint density at radius 1 is 1.12 bits per heavy atom. The van der Waals surface area contributed by atoms with Crippen molar-refractivity contribution in [2.45, 2.75) is 6.92 Å². The zero-order valence-corrected chi connectivity index (χ0v) is 13.6. The first-order valence-corrected chi connectivity index (χ1v) is 8.18. The lowest BCUT2D eigenvalue weighted by Crippen LogP contribution is -2.12. The second kappa shape index (κ2) is 5.98. The average molecular weight is 316 g/mol. The van der Waals surface area contributed by atoms with Crippen molar-refractivity contribution in [2.24, 2.45) is 5.73 Å². The molecule has 2 aromatic heterocycles. The number of nitrogens with two attached hydrogens (primary N) is 1. The van der Waals surface area contributed by atoms with Crippen molar-refractivity contribution in [3.05, 3.63) is 60.3 Å². The Bertz CT molecular complexity index is 1020. The topological polar surface area (TPSA) is 66.7 Å². The predicted octanol–water partition coefficient (Wildman–Crippen LogP) is 4.06. The van der Waals surface area contributed by atoms with Crippen LogP contribution in [0.25, 0.3) is 33.1 Å². The minimum atomic E-state index is 0.617. The molecule has 4 rings (SSSR count). The van der Waals surface area contributed by atoms with Gasteiger partial charge in [0.15, 0.2) is 0 Å². The van der Waals surface area contributed by atoms with Crippen LogP contribution >= 0.6 is 0 Å². The zero-order valence-electron chi connectivity index (χ0n) is 13.6. The normalized spacial score (nSPS) is 11.2. The van der Waals surface area contributed by atoms with Gasteiger partial charge in [0.2, 0.25) is 0 Å². The van der Waals surface area contributed by atoms with Crippen molar-refractivity contribution >= 4 is 27.6 Å². The van der Waals surface area contributed by atoms with Crippen molar-refractivity contribution in [2.75, 3.05) is 18.4 Å². The first-order chi connectivity index (χ1) is 11.8. The SMILES string of the molecule is Cc1ccc2[nH]c3nccc(-c4cccc(NCCN)c4)c3c2c1. The molecule has 4 heteroatoms. The number of hydrogen-bond acceptors (Lipinski definition) is 3. The van der Waals surface area contributed by atoms with Gasteiger partial charge in [0.25, 0.3) is 0 Å². The van der Waals surface area contributed by atoms with Gasteiger partial charge in [0, 0.05) is 41.3 Å². The molecule has 4 N–H and O–H groups in total. The van der Waals surface area contributed by atoms with Crippen LogP contribution in [0.5, 0.6) is 0 Å². The molecule has 0 bridgehead atoms. The van der Waals surface area contributed by atoms with Crippen LogP contribution in [-0.2, 0) is 0 Å². The van der Waals surface area contributed by atoms with Crippen LogP contribution in [0.3, 0.4) is 0 Å². The fourth-order valence-electron chi connectivity index (χ4n) is 3.18. The van der Waals surface area contributed by atoms with Crippen LogP contribution < -0.4 is 11.1 Å². The van der Waals surface area contributed by atoms with Gasteiger partial charge in [-0.3, -0.25) is 0 Å². The fraction of sp³-hybridized carbons (Fsp3) is 0.150. The molecule has 0 spiro atoms. The Hall–Kier alpha value is -2.85. The summed E-state index contributed by atoms with van der Waals surface area (Å²) in [6.45, 7) is 3.50. The van der Waals surface area contributed by atoms with E-state index in [-0.39, 0.29) is 0 Å². The first kappa shape index (κ1) is 14.7. The van der Waals surface area contributed by atoms with Gasteiger partial charge in [-0.05, 0) is 48.4 Å². The van der Waals surface area contributed by atoms with E-state index < -0.39 is 0 Å². The number of nitrogens with one attached hydrogen (secondary N) is 2. The van der Waals surface area contributed by atoms with Crippen LogP contribution in [0.4, 0.5) is 5.69 Å². The third-order valence-electron chi connectivity index (χ3n) is 4.30. The minimum Gasteiger partial charge on any atom is -0.384 e. The number of aromatic nitrogens is 2. The van der Waals surface area contributed by atoms with E-state index in [1.807, 2.05) is 6.20 Å². The molecule has 0 aliphatic heterocycles. The maximum Gasteiger partial charge on any atom is 0.138 e. The summed E-state index contributed by atoms with van der Waals surface area (Å²) in [5.74, 6) is 0. The highest BCUT2D eigenvalue weighted by Crippen LogP contribution is 2.34. The van der Waals surface area contributed by atoms with Crippen molar-refractivity contribution in [1.29, 1.82) is 0 Å². The van der Waals surface area contributed by atoms with Gasteiger partial charge in [0.05, 0.1) is 0 Å². The Balaban J connectivity index is 1.93. The van der Waals surface area contributed by atoms with Crippen molar-refractivity contribution in [3.8, 4) is 11.1 Å². The van der Waals surface area contributed by atoms with Crippen LogP contribution in [0.1, 0.15) is 5.56 Å².